The summed E-state index contributed by atoms with van der Waals surface area (Å²) < 4.78 is 15.5. The Bertz CT molecular complexity index is 1140. The molecule has 2 aromatic carbocycles. The van der Waals surface area contributed by atoms with Crippen LogP contribution in [0, 0.1) is 5.82 Å². The molecule has 148 valence electrons. The quantitative estimate of drug-likeness (QED) is 0.508. The van der Waals surface area contributed by atoms with Crippen molar-refractivity contribution in [3.63, 3.8) is 0 Å². The number of rotatable bonds is 4. The molecule has 3 aromatic rings. The van der Waals surface area contributed by atoms with Crippen LogP contribution in [0.1, 0.15) is 29.0 Å². The lowest BCUT2D eigenvalue weighted by Crippen LogP contribution is -2.33. The maximum absolute atomic E-state index is 13.9. The van der Waals surface area contributed by atoms with Crippen LogP contribution in [0.3, 0.4) is 0 Å². The van der Waals surface area contributed by atoms with E-state index in [-0.39, 0.29) is 23.9 Å². The summed E-state index contributed by atoms with van der Waals surface area (Å²) >= 11 is 1.23. The fourth-order valence-electron chi connectivity index (χ4n) is 3.41. The number of benzene rings is 2. The van der Waals surface area contributed by atoms with Gasteiger partial charge in [-0.3, -0.25) is 9.59 Å². The number of halogens is 1. The molecule has 0 spiro atoms. The first-order valence-corrected chi connectivity index (χ1v) is 9.98. The van der Waals surface area contributed by atoms with Crippen molar-refractivity contribution in [2.75, 3.05) is 5.32 Å². The number of carbonyl (C=O) groups excluding carboxylic acids is 1. The Morgan fingerprint density at radius 2 is 1.93 bits per heavy atom. The number of nitrogens with zero attached hydrogens (tertiary/aromatic N) is 2. The first-order valence-electron chi connectivity index (χ1n) is 9.00. The summed E-state index contributed by atoms with van der Waals surface area (Å²) in [6.07, 6.45) is 0.121. The van der Waals surface area contributed by atoms with E-state index >= 15 is 0 Å². The van der Waals surface area contributed by atoms with E-state index in [2.05, 4.69) is 10.3 Å². The van der Waals surface area contributed by atoms with Crippen molar-refractivity contribution in [1.29, 1.82) is 0 Å². The van der Waals surface area contributed by atoms with Crippen molar-refractivity contribution in [3.05, 3.63) is 81.4 Å². The second-order valence-electron chi connectivity index (χ2n) is 6.80. The average Bonchev–Trinajstić information content (AvgIpc) is 2.70. The molecule has 1 aromatic heterocycles. The number of aromatic hydroxyl groups is 1. The van der Waals surface area contributed by atoms with Gasteiger partial charge in [-0.15, -0.1) is 0 Å². The van der Waals surface area contributed by atoms with Gasteiger partial charge in [-0.2, -0.15) is 4.98 Å². The summed E-state index contributed by atoms with van der Waals surface area (Å²) in [6, 6.07) is 12.9. The number of anilines is 1. The number of fused-ring (bicyclic) bond motifs is 1. The van der Waals surface area contributed by atoms with E-state index < -0.39 is 11.5 Å². The Balaban J connectivity index is 1.72. The highest BCUT2D eigenvalue weighted by Crippen LogP contribution is 2.36. The first-order chi connectivity index (χ1) is 13.9. The van der Waals surface area contributed by atoms with Gasteiger partial charge in [-0.1, -0.05) is 42.1 Å². The van der Waals surface area contributed by atoms with Crippen molar-refractivity contribution < 1.29 is 14.3 Å². The summed E-state index contributed by atoms with van der Waals surface area (Å²) in [4.78, 5) is 29.4. The zero-order valence-electron chi connectivity index (χ0n) is 15.6. The molecule has 0 radical (unpaired) electrons. The molecule has 0 aliphatic carbocycles. The highest BCUT2D eigenvalue weighted by molar-refractivity contribution is 7.98. The van der Waals surface area contributed by atoms with Crippen molar-refractivity contribution in [2.45, 2.75) is 23.2 Å². The van der Waals surface area contributed by atoms with Crippen molar-refractivity contribution in [2.24, 2.45) is 7.05 Å². The number of nitrogens with one attached hydrogen (secondary N) is 1. The van der Waals surface area contributed by atoms with Gasteiger partial charge in [0.15, 0.2) is 5.16 Å². The normalized spacial score (nSPS) is 15.7. The summed E-state index contributed by atoms with van der Waals surface area (Å²) in [6.45, 7) is 0. The molecule has 2 N–H and O–H groups in total. The van der Waals surface area contributed by atoms with Crippen LogP contribution in [-0.4, -0.2) is 20.6 Å². The third-order valence-electron chi connectivity index (χ3n) is 4.91. The zero-order chi connectivity index (χ0) is 20.5. The molecule has 4 rings (SSSR count). The summed E-state index contributed by atoms with van der Waals surface area (Å²) in [5.41, 5.74) is 1.25. The molecule has 0 unspecified atom stereocenters. The fraction of sp³-hybridized carbons (Fsp3) is 0.190. The molecular formula is C21H18FN3O3S. The Kier molecular flexibility index (Phi) is 5.10. The van der Waals surface area contributed by atoms with E-state index in [1.165, 1.54) is 30.0 Å². The van der Waals surface area contributed by atoms with Crippen molar-refractivity contribution in [3.8, 4) is 5.75 Å². The molecule has 29 heavy (non-hydrogen) atoms. The molecule has 1 amide bonds. The molecule has 8 heteroatoms. The molecule has 2 heterocycles. The second-order valence-corrected chi connectivity index (χ2v) is 7.74. The van der Waals surface area contributed by atoms with E-state index in [1.807, 2.05) is 0 Å². The van der Waals surface area contributed by atoms with Crippen LogP contribution in [0.4, 0.5) is 10.2 Å². The Labute approximate surface area is 170 Å². The van der Waals surface area contributed by atoms with Crippen LogP contribution < -0.4 is 10.9 Å². The number of carbonyl (C=O) groups is 1. The number of phenols is 1. The first kappa shape index (κ1) is 19.2. The fourth-order valence-corrected chi connectivity index (χ4v) is 4.36. The summed E-state index contributed by atoms with van der Waals surface area (Å²) in [5, 5.41) is 12.7. The number of phenolic OH excluding ortho intramolecular Hbond substituents is 1. The number of thioether (sulfide) groups is 1. The van der Waals surface area contributed by atoms with E-state index in [4.69, 9.17) is 0 Å². The average molecular weight is 411 g/mol. The number of amides is 1. The molecule has 1 aliphatic rings. The third kappa shape index (κ3) is 3.75. The van der Waals surface area contributed by atoms with Gasteiger partial charge in [0.25, 0.3) is 5.56 Å². The lowest BCUT2D eigenvalue weighted by Gasteiger charge is -2.27. The van der Waals surface area contributed by atoms with E-state index in [0.29, 0.717) is 27.9 Å². The van der Waals surface area contributed by atoms with Gasteiger partial charge in [-0.25, -0.2) is 4.39 Å². The van der Waals surface area contributed by atoms with E-state index in [9.17, 15) is 19.1 Å². The third-order valence-corrected chi connectivity index (χ3v) is 5.99. The van der Waals surface area contributed by atoms with Crippen LogP contribution in [-0.2, 0) is 17.6 Å². The Hall–Kier alpha value is -3.13. The minimum absolute atomic E-state index is 0.111. The van der Waals surface area contributed by atoms with Crippen LogP contribution in [0.5, 0.6) is 5.75 Å². The van der Waals surface area contributed by atoms with Gasteiger partial charge in [0.2, 0.25) is 5.91 Å². The minimum atomic E-state index is -0.448. The summed E-state index contributed by atoms with van der Waals surface area (Å²) in [7, 11) is 1.72. The maximum Gasteiger partial charge on any atom is 0.279 e. The lowest BCUT2D eigenvalue weighted by molar-refractivity contribution is -0.116. The van der Waals surface area contributed by atoms with E-state index in [0.717, 1.165) is 5.56 Å². The van der Waals surface area contributed by atoms with Gasteiger partial charge in [0, 0.05) is 25.1 Å². The van der Waals surface area contributed by atoms with Crippen LogP contribution in [0.15, 0.2) is 58.5 Å². The minimum Gasteiger partial charge on any atom is -0.508 e. The monoisotopic (exact) mass is 411 g/mol. The molecule has 1 atom stereocenters. The highest BCUT2D eigenvalue weighted by Gasteiger charge is 2.32. The van der Waals surface area contributed by atoms with Crippen molar-refractivity contribution >= 4 is 23.5 Å². The van der Waals surface area contributed by atoms with Gasteiger partial charge in [0.05, 0.1) is 5.56 Å². The lowest BCUT2D eigenvalue weighted by atomic mass is 9.87. The number of hydrogen-bond acceptors (Lipinski definition) is 5. The Morgan fingerprint density at radius 1 is 1.21 bits per heavy atom. The predicted octanol–water partition coefficient (Wildman–Crippen LogP) is 3.39. The van der Waals surface area contributed by atoms with Gasteiger partial charge < -0.3 is 15.0 Å². The van der Waals surface area contributed by atoms with Gasteiger partial charge in [-0.05, 0) is 29.3 Å². The molecule has 0 fully saturated rings. The smallest absolute Gasteiger partial charge is 0.279 e. The van der Waals surface area contributed by atoms with Gasteiger partial charge >= 0.3 is 0 Å². The maximum atomic E-state index is 13.9. The standard InChI is InChI=1S/C21H18FN3O3S/c1-25-19-18(15(10-17(27)23-19)12-6-8-14(26)9-7-12)20(28)24-21(25)29-11-13-4-2-3-5-16(13)22/h2-9,15,26H,10-11H2,1H3,(H,23,27)/t15-/m1/s1. The number of aromatic nitrogens is 2. The second kappa shape index (κ2) is 7.71. The van der Waals surface area contributed by atoms with Crippen LogP contribution in [0.25, 0.3) is 0 Å². The number of hydrogen-bond donors (Lipinski definition) is 2. The topological polar surface area (TPSA) is 84.2 Å². The van der Waals surface area contributed by atoms with E-state index in [1.54, 1.807) is 41.9 Å². The predicted molar refractivity (Wildman–Crippen MR) is 109 cm³/mol. The molecule has 6 nitrogen and oxygen atoms in total. The summed E-state index contributed by atoms with van der Waals surface area (Å²) in [5.74, 6) is -0.154. The molecule has 0 saturated heterocycles. The molecule has 0 saturated carbocycles. The van der Waals surface area contributed by atoms with Gasteiger partial charge in [0.1, 0.15) is 17.4 Å². The molecule has 1 aliphatic heterocycles. The molecular weight excluding hydrogens is 393 g/mol. The highest BCUT2D eigenvalue weighted by atomic mass is 32.2. The van der Waals surface area contributed by atoms with Crippen molar-refractivity contribution in [1.82, 2.24) is 9.55 Å². The van der Waals surface area contributed by atoms with Crippen LogP contribution >= 0.6 is 11.8 Å². The van der Waals surface area contributed by atoms with Crippen LogP contribution in [0.2, 0.25) is 0 Å². The molecule has 0 bridgehead atoms. The SMILES string of the molecule is Cn1c(SCc2ccccc2F)nc(=O)c2c1NC(=O)C[C@@H]2c1ccc(O)cc1. The zero-order valence-corrected chi connectivity index (χ0v) is 16.4. The largest absolute Gasteiger partial charge is 0.508 e. The Morgan fingerprint density at radius 3 is 2.66 bits per heavy atom.